The van der Waals surface area contributed by atoms with E-state index in [9.17, 15) is 0 Å². The zero-order chi connectivity index (χ0) is 45.5. The maximum atomic E-state index is 5.52. The third kappa shape index (κ3) is 5.92. The molecule has 0 aliphatic carbocycles. The highest BCUT2D eigenvalue weighted by Crippen LogP contribution is 2.41. The number of fused-ring (bicyclic) bond motifs is 9. The van der Waals surface area contributed by atoms with Crippen LogP contribution in [0, 0.1) is 0 Å². The lowest BCUT2D eigenvalue weighted by Crippen LogP contribution is -2.74. The van der Waals surface area contributed by atoms with Crippen molar-refractivity contribution in [2.24, 2.45) is 0 Å². The summed E-state index contributed by atoms with van der Waals surface area (Å²) in [6.07, 6.45) is 0. The summed E-state index contributed by atoms with van der Waals surface area (Å²) < 4.78 is 4.65. The van der Waals surface area contributed by atoms with Crippen molar-refractivity contribution < 1.29 is 0 Å². The Morgan fingerprint density at radius 2 is 0.754 bits per heavy atom. The van der Waals surface area contributed by atoms with Gasteiger partial charge in [-0.05, 0) is 56.1 Å². The van der Waals surface area contributed by atoms with E-state index in [1.807, 2.05) is 0 Å². The van der Waals surface area contributed by atoms with Crippen molar-refractivity contribution in [1.82, 2.24) is 23.9 Å². The summed E-state index contributed by atoms with van der Waals surface area (Å²) in [7, 11) is -2.87. The van der Waals surface area contributed by atoms with E-state index in [2.05, 4.69) is 258 Å². The van der Waals surface area contributed by atoms with Gasteiger partial charge in [-0.1, -0.05) is 224 Å². The van der Waals surface area contributed by atoms with E-state index in [1.54, 1.807) is 0 Å². The fourth-order valence-electron chi connectivity index (χ4n) is 11.3. The molecule has 0 amide bonds. The van der Waals surface area contributed by atoms with Gasteiger partial charge in [-0.3, -0.25) is 4.57 Å². The van der Waals surface area contributed by atoms with Gasteiger partial charge in [0, 0.05) is 43.4 Å². The van der Waals surface area contributed by atoms with E-state index >= 15 is 0 Å². The molecule has 6 heteroatoms. The number of aromatic nitrogens is 5. The molecular formula is C63H41N5Si. The number of rotatable bonds is 8. The molecule has 0 spiro atoms. The summed E-state index contributed by atoms with van der Waals surface area (Å²) in [5, 5.41) is 12.5. The first-order valence-electron chi connectivity index (χ1n) is 23.5. The first-order valence-corrected chi connectivity index (χ1v) is 25.5. The molecule has 0 radical (unpaired) electrons. The largest absolute Gasteiger partial charge is 0.308 e. The molecule has 0 N–H and O–H groups in total. The first-order chi connectivity index (χ1) is 34.2. The molecule has 14 aromatic rings. The minimum atomic E-state index is -2.87. The van der Waals surface area contributed by atoms with Crippen LogP contribution >= 0.6 is 0 Å². The summed E-state index contributed by atoms with van der Waals surface area (Å²) >= 11 is 0. The molecular weight excluding hydrogens is 855 g/mol. The van der Waals surface area contributed by atoms with Crippen LogP contribution in [0.1, 0.15) is 0 Å². The van der Waals surface area contributed by atoms with Crippen molar-refractivity contribution in [2.45, 2.75) is 0 Å². The molecule has 10 aromatic carbocycles. The molecule has 0 fully saturated rings. The highest BCUT2D eigenvalue weighted by atomic mass is 28.3. The Labute approximate surface area is 399 Å². The van der Waals surface area contributed by atoms with Crippen LogP contribution in [-0.4, -0.2) is 32.0 Å². The third-order valence-electron chi connectivity index (χ3n) is 14.3. The van der Waals surface area contributed by atoms with Crippen LogP contribution < -0.4 is 20.7 Å². The van der Waals surface area contributed by atoms with Crippen LogP contribution in [0.5, 0.6) is 0 Å². The Morgan fingerprint density at radius 3 is 1.38 bits per heavy atom. The molecule has 0 aliphatic heterocycles. The molecule has 0 bridgehead atoms. The molecule has 5 nitrogen and oxygen atoms in total. The van der Waals surface area contributed by atoms with E-state index < -0.39 is 8.07 Å². The maximum Gasteiger partial charge on any atom is 0.238 e. The van der Waals surface area contributed by atoms with Crippen LogP contribution in [0.15, 0.2) is 249 Å². The van der Waals surface area contributed by atoms with Gasteiger partial charge in [0.1, 0.15) is 0 Å². The molecule has 0 aliphatic rings. The van der Waals surface area contributed by atoms with Crippen LogP contribution in [0.2, 0.25) is 0 Å². The van der Waals surface area contributed by atoms with Crippen molar-refractivity contribution in [2.75, 3.05) is 0 Å². The minimum absolute atomic E-state index is 0.566. The van der Waals surface area contributed by atoms with Crippen LogP contribution in [0.25, 0.3) is 99.8 Å². The smallest absolute Gasteiger partial charge is 0.238 e. The molecule has 0 saturated heterocycles. The molecule has 0 saturated carbocycles. The fourth-order valence-corrected chi connectivity index (χ4v) is 16.1. The minimum Gasteiger partial charge on any atom is -0.308 e. The lowest BCUT2D eigenvalue weighted by molar-refractivity contribution is 0.954. The van der Waals surface area contributed by atoms with Gasteiger partial charge in [0.2, 0.25) is 5.95 Å². The Balaban J connectivity index is 1.02. The Kier molecular flexibility index (Phi) is 8.84. The summed E-state index contributed by atoms with van der Waals surface area (Å²) in [4.78, 5) is 16.5. The zero-order valence-corrected chi connectivity index (χ0v) is 38.4. The topological polar surface area (TPSA) is 48.0 Å². The summed E-state index contributed by atoms with van der Waals surface area (Å²) in [6, 6.07) is 90.1. The highest BCUT2D eigenvalue weighted by Gasteiger charge is 2.41. The molecule has 14 rings (SSSR count). The van der Waals surface area contributed by atoms with Gasteiger partial charge >= 0.3 is 0 Å². The Bertz CT molecular complexity index is 4100. The standard InChI is InChI=1S/C63H41N5Si/c1-4-21-44(22-5-1)69(45-23-6-2-7-24-45,46-25-8-3-9-26-46)47-27-18-20-43(40-47)61-64-62(66-63(65-61)68-57-36-16-12-29-49(57)50-30-13-17-37-58(50)68)55-32-11-10-28-48(55)42-38-39-52-54-34-19-33-53-51-31-14-15-35-56(51)67(60(53)54)59(52)41-42/h1-41H. The van der Waals surface area contributed by atoms with Crippen molar-refractivity contribution in [3.05, 3.63) is 249 Å². The molecule has 0 atom stereocenters. The van der Waals surface area contributed by atoms with Gasteiger partial charge < -0.3 is 4.40 Å². The van der Waals surface area contributed by atoms with Gasteiger partial charge in [0.15, 0.2) is 19.7 Å². The molecule has 4 aromatic heterocycles. The molecule has 4 heterocycles. The summed E-state index contributed by atoms with van der Waals surface area (Å²) in [5.74, 6) is 1.78. The second-order valence-electron chi connectivity index (χ2n) is 17.9. The third-order valence-corrected chi connectivity index (χ3v) is 19.1. The molecule has 69 heavy (non-hydrogen) atoms. The lowest BCUT2D eigenvalue weighted by atomic mass is 9.97. The Morgan fingerprint density at radius 1 is 0.290 bits per heavy atom. The molecule has 0 unspecified atom stereocenters. The van der Waals surface area contributed by atoms with Crippen LogP contribution in [0.3, 0.4) is 0 Å². The van der Waals surface area contributed by atoms with Crippen molar-refractivity contribution in [3.63, 3.8) is 0 Å². The normalized spacial score (nSPS) is 12.1. The SMILES string of the molecule is c1ccc([Si](c2ccccc2)(c2ccccc2)c2cccc(-c3nc(-c4ccccc4-c4ccc5c6cccc7c8ccccc8n(c5c4)c76)nc(-n4c5ccccc5c5ccccc54)n3)c2)cc1. The van der Waals surface area contributed by atoms with E-state index in [-0.39, 0.29) is 0 Å². The second-order valence-corrected chi connectivity index (χ2v) is 21.7. The number of hydrogen-bond donors (Lipinski definition) is 0. The van der Waals surface area contributed by atoms with Gasteiger partial charge in [-0.2, -0.15) is 9.97 Å². The predicted octanol–water partition coefficient (Wildman–Crippen LogP) is 12.5. The highest BCUT2D eigenvalue weighted by molar-refractivity contribution is 7.19. The zero-order valence-electron chi connectivity index (χ0n) is 37.4. The van der Waals surface area contributed by atoms with Gasteiger partial charge in [-0.15, -0.1) is 0 Å². The second kappa shape index (κ2) is 15.6. The predicted molar refractivity (Wildman–Crippen MR) is 289 cm³/mol. The van der Waals surface area contributed by atoms with Gasteiger partial charge in [0.05, 0.1) is 27.6 Å². The van der Waals surface area contributed by atoms with Crippen LogP contribution in [0.4, 0.5) is 0 Å². The number of hydrogen-bond acceptors (Lipinski definition) is 3. The lowest BCUT2D eigenvalue weighted by Gasteiger charge is -2.34. The maximum absolute atomic E-state index is 5.52. The van der Waals surface area contributed by atoms with E-state index in [1.165, 1.54) is 58.8 Å². The first kappa shape index (κ1) is 39.2. The van der Waals surface area contributed by atoms with Gasteiger partial charge in [0.25, 0.3) is 0 Å². The van der Waals surface area contributed by atoms with E-state index in [0.717, 1.165) is 44.1 Å². The van der Waals surface area contributed by atoms with Crippen molar-refractivity contribution in [1.29, 1.82) is 0 Å². The summed E-state index contributed by atoms with van der Waals surface area (Å²) in [5.41, 5.74) is 9.72. The monoisotopic (exact) mass is 895 g/mol. The van der Waals surface area contributed by atoms with E-state index in [4.69, 9.17) is 15.0 Å². The Hall–Kier alpha value is -8.97. The molecule has 322 valence electrons. The average Bonchev–Trinajstić information content (AvgIpc) is 4.07. The van der Waals surface area contributed by atoms with Gasteiger partial charge in [-0.25, -0.2) is 4.98 Å². The number of benzene rings is 10. The quantitative estimate of drug-likeness (QED) is 0.113. The van der Waals surface area contributed by atoms with Crippen molar-refractivity contribution >= 4 is 88.7 Å². The van der Waals surface area contributed by atoms with Crippen molar-refractivity contribution in [3.8, 4) is 39.9 Å². The average molecular weight is 896 g/mol. The number of para-hydroxylation sites is 4. The van der Waals surface area contributed by atoms with Crippen LogP contribution in [-0.2, 0) is 0 Å². The summed E-state index contributed by atoms with van der Waals surface area (Å²) in [6.45, 7) is 0. The fraction of sp³-hybridized carbons (Fsp3) is 0. The van der Waals surface area contributed by atoms with E-state index in [0.29, 0.717) is 17.6 Å². The number of nitrogens with zero attached hydrogens (tertiary/aromatic N) is 5.